The van der Waals surface area contributed by atoms with Gasteiger partial charge in [-0.05, 0) is 97.4 Å². The molecule has 0 aliphatic heterocycles. The highest BCUT2D eigenvalue weighted by molar-refractivity contribution is 6.10. The highest BCUT2D eigenvalue weighted by atomic mass is 16.3. The zero-order valence-electron chi connectivity index (χ0n) is 28.4. The maximum absolute atomic E-state index is 6.59. The first-order valence-electron chi connectivity index (χ1n) is 17.8. The Morgan fingerprint density at radius 2 is 0.865 bits per heavy atom. The van der Waals surface area contributed by atoms with Gasteiger partial charge in [-0.15, -0.1) is 0 Å². The highest BCUT2D eigenvalue weighted by Gasteiger charge is 2.20. The lowest BCUT2D eigenvalue weighted by Gasteiger charge is -2.26. The number of para-hydroxylation sites is 2. The molecule has 9 aromatic carbocycles. The maximum Gasteiger partial charge on any atom is 0.159 e. The predicted molar refractivity (Wildman–Crippen MR) is 220 cm³/mol. The van der Waals surface area contributed by atoms with Crippen molar-refractivity contribution in [1.82, 2.24) is 0 Å². The van der Waals surface area contributed by atoms with E-state index in [9.17, 15) is 0 Å². The van der Waals surface area contributed by atoms with Gasteiger partial charge in [-0.1, -0.05) is 158 Å². The first-order valence-corrected chi connectivity index (χ1v) is 17.8. The van der Waals surface area contributed by atoms with Crippen molar-refractivity contribution in [3.8, 4) is 33.4 Å². The molecule has 0 saturated heterocycles. The third-order valence-corrected chi connectivity index (χ3v) is 10.3. The second-order valence-corrected chi connectivity index (χ2v) is 13.3. The van der Waals surface area contributed by atoms with Gasteiger partial charge in [0.25, 0.3) is 0 Å². The molecule has 0 spiro atoms. The molecule has 0 unspecified atom stereocenters. The van der Waals surface area contributed by atoms with Crippen molar-refractivity contribution in [3.05, 3.63) is 200 Å². The fraction of sp³-hybridized carbons (Fsp3) is 0. The molecule has 0 bridgehead atoms. The monoisotopic (exact) mass is 663 g/mol. The van der Waals surface area contributed by atoms with Crippen LogP contribution in [0.25, 0.3) is 76.9 Å². The lowest BCUT2D eigenvalue weighted by atomic mass is 9.95. The van der Waals surface area contributed by atoms with Gasteiger partial charge in [0.05, 0.1) is 5.69 Å². The van der Waals surface area contributed by atoms with Crippen LogP contribution in [0.1, 0.15) is 0 Å². The average Bonchev–Trinajstić information content (AvgIpc) is 3.61. The van der Waals surface area contributed by atoms with E-state index in [0.717, 1.165) is 39.0 Å². The molecule has 0 radical (unpaired) electrons. The molecule has 244 valence electrons. The number of rotatable bonds is 6. The van der Waals surface area contributed by atoms with E-state index in [0.29, 0.717) is 0 Å². The summed E-state index contributed by atoms with van der Waals surface area (Å²) in [6.07, 6.45) is 0. The molecule has 10 rings (SSSR count). The van der Waals surface area contributed by atoms with Gasteiger partial charge in [0, 0.05) is 22.1 Å². The molecular weight excluding hydrogens is 631 g/mol. The molecule has 1 heterocycles. The van der Waals surface area contributed by atoms with Crippen molar-refractivity contribution in [2.45, 2.75) is 0 Å². The fourth-order valence-electron chi connectivity index (χ4n) is 7.74. The largest absolute Gasteiger partial charge is 0.454 e. The number of hydrogen-bond acceptors (Lipinski definition) is 2. The maximum atomic E-state index is 6.59. The van der Waals surface area contributed by atoms with E-state index >= 15 is 0 Å². The second-order valence-electron chi connectivity index (χ2n) is 13.3. The summed E-state index contributed by atoms with van der Waals surface area (Å²) >= 11 is 0. The van der Waals surface area contributed by atoms with Gasteiger partial charge in [-0.2, -0.15) is 0 Å². The molecule has 2 nitrogen and oxygen atoms in total. The summed E-state index contributed by atoms with van der Waals surface area (Å²) in [7, 11) is 0. The molecule has 0 amide bonds. The van der Waals surface area contributed by atoms with E-state index in [-0.39, 0.29) is 0 Å². The lowest BCUT2D eigenvalue weighted by molar-refractivity contribution is 0.669. The molecule has 0 fully saturated rings. The first-order chi connectivity index (χ1) is 25.8. The van der Waals surface area contributed by atoms with Gasteiger partial charge in [0.1, 0.15) is 5.58 Å². The Kier molecular flexibility index (Phi) is 7.18. The number of anilines is 3. The molecule has 0 aliphatic carbocycles. The van der Waals surface area contributed by atoms with Gasteiger partial charge in [0.2, 0.25) is 0 Å². The molecule has 2 heteroatoms. The summed E-state index contributed by atoms with van der Waals surface area (Å²) < 4.78 is 6.59. The molecule has 52 heavy (non-hydrogen) atoms. The molecule has 0 saturated carbocycles. The molecular formula is C50H33NO. The topological polar surface area (TPSA) is 16.4 Å². The minimum Gasteiger partial charge on any atom is -0.454 e. The number of nitrogens with zero attached hydrogens (tertiary/aromatic N) is 1. The Labute approximate surface area is 302 Å². The summed E-state index contributed by atoms with van der Waals surface area (Å²) in [5.74, 6) is 0. The average molecular weight is 664 g/mol. The standard InChI is InChI=1S/C50H33NO/c1-2-11-34(12-3-1)38-27-32-45-39(33-38)15-9-19-44(45)37-25-30-41(31-26-37)51(48-21-10-20-47-46-17-6-7-22-49(46)52-50(47)48)40-28-23-36(24-29-40)43-18-8-14-35-13-4-5-16-42(35)43/h1-33H. The SMILES string of the molecule is c1ccc(-c2ccc3c(-c4ccc(N(c5ccc(-c6cccc7ccccc67)cc5)c5cccc6c5oc5ccccc56)cc4)cccc3c2)cc1. The van der Waals surface area contributed by atoms with Crippen LogP contribution < -0.4 is 4.90 Å². The van der Waals surface area contributed by atoms with Crippen molar-refractivity contribution in [3.63, 3.8) is 0 Å². The Balaban J connectivity index is 1.09. The van der Waals surface area contributed by atoms with Crippen LogP contribution in [0.2, 0.25) is 0 Å². The number of fused-ring (bicyclic) bond motifs is 5. The molecule has 0 atom stereocenters. The summed E-state index contributed by atoms with van der Waals surface area (Å²) in [6, 6.07) is 71.6. The van der Waals surface area contributed by atoms with Gasteiger partial charge in [0.15, 0.2) is 5.58 Å². The molecule has 0 N–H and O–H groups in total. The Morgan fingerprint density at radius 3 is 1.60 bits per heavy atom. The van der Waals surface area contributed by atoms with Crippen molar-refractivity contribution >= 4 is 60.5 Å². The zero-order chi connectivity index (χ0) is 34.4. The van der Waals surface area contributed by atoms with Crippen LogP contribution in [-0.4, -0.2) is 0 Å². The second kappa shape index (κ2) is 12.5. The number of hydrogen-bond donors (Lipinski definition) is 0. The van der Waals surface area contributed by atoms with E-state index in [1.807, 2.05) is 12.1 Å². The van der Waals surface area contributed by atoms with Gasteiger partial charge in [-0.25, -0.2) is 0 Å². The summed E-state index contributed by atoms with van der Waals surface area (Å²) in [4.78, 5) is 2.32. The Hall–Kier alpha value is -6.90. The van der Waals surface area contributed by atoms with Crippen LogP contribution in [0.5, 0.6) is 0 Å². The van der Waals surface area contributed by atoms with E-state index < -0.39 is 0 Å². The third-order valence-electron chi connectivity index (χ3n) is 10.3. The van der Waals surface area contributed by atoms with E-state index in [2.05, 4.69) is 193 Å². The Morgan fingerprint density at radius 1 is 0.327 bits per heavy atom. The smallest absolute Gasteiger partial charge is 0.159 e. The molecule has 10 aromatic rings. The lowest BCUT2D eigenvalue weighted by Crippen LogP contribution is -2.10. The number of benzene rings is 9. The first kappa shape index (κ1) is 30.0. The van der Waals surface area contributed by atoms with Crippen molar-refractivity contribution in [2.75, 3.05) is 4.90 Å². The number of furan rings is 1. The summed E-state index contributed by atoms with van der Waals surface area (Å²) in [6.45, 7) is 0. The van der Waals surface area contributed by atoms with E-state index in [4.69, 9.17) is 4.42 Å². The van der Waals surface area contributed by atoms with Crippen LogP contribution in [0.15, 0.2) is 205 Å². The van der Waals surface area contributed by atoms with E-state index in [1.54, 1.807) is 0 Å². The minimum atomic E-state index is 0.870. The van der Waals surface area contributed by atoms with Crippen LogP contribution in [0, 0.1) is 0 Å². The van der Waals surface area contributed by atoms with Crippen molar-refractivity contribution in [2.24, 2.45) is 0 Å². The third kappa shape index (κ3) is 5.12. The van der Waals surface area contributed by atoms with Gasteiger partial charge in [-0.3, -0.25) is 0 Å². The summed E-state index contributed by atoms with van der Waals surface area (Å²) in [5.41, 5.74) is 12.1. The van der Waals surface area contributed by atoms with Crippen LogP contribution in [0.3, 0.4) is 0 Å². The van der Waals surface area contributed by atoms with Gasteiger partial charge < -0.3 is 9.32 Å². The fourth-order valence-corrected chi connectivity index (χ4v) is 7.74. The van der Waals surface area contributed by atoms with Crippen molar-refractivity contribution in [1.29, 1.82) is 0 Å². The minimum absolute atomic E-state index is 0.870. The van der Waals surface area contributed by atoms with Crippen LogP contribution in [0.4, 0.5) is 17.1 Å². The predicted octanol–water partition coefficient (Wildman–Crippen LogP) is 14.4. The normalized spacial score (nSPS) is 11.5. The van der Waals surface area contributed by atoms with Crippen LogP contribution >= 0.6 is 0 Å². The van der Waals surface area contributed by atoms with Gasteiger partial charge >= 0.3 is 0 Å². The quantitative estimate of drug-likeness (QED) is 0.176. The Bertz CT molecular complexity index is 2880. The van der Waals surface area contributed by atoms with Crippen LogP contribution in [-0.2, 0) is 0 Å². The summed E-state index contributed by atoms with van der Waals surface area (Å²) in [5, 5.41) is 7.18. The molecule has 1 aromatic heterocycles. The molecule has 0 aliphatic rings. The van der Waals surface area contributed by atoms with E-state index in [1.165, 1.54) is 54.9 Å². The van der Waals surface area contributed by atoms with Crippen molar-refractivity contribution < 1.29 is 4.42 Å². The highest BCUT2D eigenvalue weighted by Crippen LogP contribution is 2.43. The zero-order valence-corrected chi connectivity index (χ0v) is 28.4.